The Bertz CT molecular complexity index is 1000. The molecule has 0 aliphatic carbocycles. The Morgan fingerprint density at radius 2 is 1.72 bits per heavy atom. The summed E-state index contributed by atoms with van der Waals surface area (Å²) < 4.78 is 0. The molecule has 0 saturated carbocycles. The summed E-state index contributed by atoms with van der Waals surface area (Å²) in [6.07, 6.45) is 1.60. The van der Waals surface area contributed by atoms with Crippen LogP contribution in [0.25, 0.3) is 11.3 Å². The first-order chi connectivity index (χ1) is 14.1. The quantitative estimate of drug-likeness (QED) is 0.696. The fourth-order valence-corrected chi connectivity index (χ4v) is 3.48. The smallest absolute Gasteiger partial charge is 0.322 e. The highest BCUT2D eigenvalue weighted by atomic mass is 35.5. The van der Waals surface area contributed by atoms with Crippen molar-refractivity contribution in [3.05, 3.63) is 71.5 Å². The molecule has 0 spiro atoms. The number of aryl methyl sites for hydroxylation is 1. The Morgan fingerprint density at radius 1 is 1.00 bits per heavy atom. The van der Waals surface area contributed by atoms with E-state index in [1.165, 1.54) is 5.56 Å². The molecule has 29 heavy (non-hydrogen) atoms. The van der Waals surface area contributed by atoms with E-state index in [9.17, 15) is 4.79 Å². The van der Waals surface area contributed by atoms with E-state index < -0.39 is 0 Å². The summed E-state index contributed by atoms with van der Waals surface area (Å²) >= 11 is 6.13. The second-order valence-corrected chi connectivity index (χ2v) is 7.42. The number of rotatable bonds is 3. The van der Waals surface area contributed by atoms with Gasteiger partial charge in [0.15, 0.2) is 0 Å². The molecule has 0 bridgehead atoms. The molecule has 7 heteroatoms. The number of urea groups is 1. The minimum Gasteiger partial charge on any atom is -0.353 e. The van der Waals surface area contributed by atoms with Gasteiger partial charge in [-0.2, -0.15) is 0 Å². The van der Waals surface area contributed by atoms with Crippen LogP contribution in [-0.4, -0.2) is 47.1 Å². The van der Waals surface area contributed by atoms with Crippen LogP contribution < -0.4 is 10.2 Å². The second-order valence-electron chi connectivity index (χ2n) is 7.01. The lowest BCUT2D eigenvalue weighted by atomic mass is 10.1. The van der Waals surface area contributed by atoms with E-state index in [4.69, 9.17) is 11.6 Å². The van der Waals surface area contributed by atoms with Crippen LogP contribution in [0.5, 0.6) is 0 Å². The number of piperazine rings is 1. The van der Waals surface area contributed by atoms with Gasteiger partial charge in [-0.15, -0.1) is 0 Å². The van der Waals surface area contributed by atoms with Crippen LogP contribution in [0, 0.1) is 6.92 Å². The summed E-state index contributed by atoms with van der Waals surface area (Å²) in [5, 5.41) is 3.41. The number of amides is 2. The van der Waals surface area contributed by atoms with E-state index >= 15 is 0 Å². The molecular weight excluding hydrogens is 386 g/mol. The molecule has 2 heterocycles. The lowest BCUT2D eigenvalue weighted by Crippen LogP contribution is -2.50. The van der Waals surface area contributed by atoms with Crippen molar-refractivity contribution >= 4 is 29.1 Å². The average Bonchev–Trinajstić information content (AvgIpc) is 2.76. The number of hydrogen-bond acceptors (Lipinski definition) is 4. The van der Waals surface area contributed by atoms with Crippen LogP contribution in [0.2, 0.25) is 5.02 Å². The Labute approximate surface area is 175 Å². The monoisotopic (exact) mass is 407 g/mol. The molecule has 4 rings (SSSR count). The minimum absolute atomic E-state index is 0.138. The number of nitrogens with zero attached hydrogens (tertiary/aromatic N) is 4. The van der Waals surface area contributed by atoms with Gasteiger partial charge in [-0.05, 0) is 19.1 Å². The molecule has 0 unspecified atom stereocenters. The zero-order chi connectivity index (χ0) is 20.2. The van der Waals surface area contributed by atoms with Crippen LogP contribution in [0.15, 0.2) is 60.9 Å². The standard InChI is InChI=1S/C22H22ClN5O/c1-16-6-8-17(9-7-16)20-14-21(25-15-24-20)27-10-12-28(13-11-27)22(29)26-19-5-3-2-4-18(19)23/h2-9,14-15H,10-13H2,1H3,(H,26,29). The maximum Gasteiger partial charge on any atom is 0.322 e. The first-order valence-electron chi connectivity index (χ1n) is 9.54. The van der Waals surface area contributed by atoms with E-state index in [-0.39, 0.29) is 6.03 Å². The number of para-hydroxylation sites is 1. The van der Waals surface area contributed by atoms with Gasteiger partial charge in [0.25, 0.3) is 0 Å². The fraction of sp³-hybridized carbons (Fsp3) is 0.227. The topological polar surface area (TPSA) is 61.4 Å². The van der Waals surface area contributed by atoms with Crippen LogP contribution in [-0.2, 0) is 0 Å². The number of halogens is 1. The normalized spacial score (nSPS) is 14.0. The molecule has 1 aliphatic heterocycles. The van der Waals surface area contributed by atoms with Crippen molar-refractivity contribution in [1.29, 1.82) is 0 Å². The Balaban J connectivity index is 1.39. The lowest BCUT2D eigenvalue weighted by molar-refractivity contribution is 0.208. The summed E-state index contributed by atoms with van der Waals surface area (Å²) in [6.45, 7) is 4.71. The van der Waals surface area contributed by atoms with Crippen LogP contribution in [0.3, 0.4) is 0 Å². The maximum atomic E-state index is 12.5. The lowest BCUT2D eigenvalue weighted by Gasteiger charge is -2.35. The van der Waals surface area contributed by atoms with Gasteiger partial charge < -0.3 is 15.1 Å². The summed E-state index contributed by atoms with van der Waals surface area (Å²) in [5.41, 5.74) is 3.81. The van der Waals surface area contributed by atoms with E-state index in [0.717, 1.165) is 17.1 Å². The van der Waals surface area contributed by atoms with Crippen molar-refractivity contribution in [2.24, 2.45) is 0 Å². The molecule has 2 amide bonds. The minimum atomic E-state index is -0.138. The molecule has 1 aromatic heterocycles. The number of hydrogen-bond donors (Lipinski definition) is 1. The van der Waals surface area contributed by atoms with Gasteiger partial charge in [0, 0.05) is 37.8 Å². The first kappa shape index (κ1) is 19.2. The SMILES string of the molecule is Cc1ccc(-c2cc(N3CCN(C(=O)Nc4ccccc4Cl)CC3)ncn2)cc1. The zero-order valence-corrected chi connectivity index (χ0v) is 16.9. The fourth-order valence-electron chi connectivity index (χ4n) is 3.30. The summed E-state index contributed by atoms with van der Waals surface area (Å²) in [4.78, 5) is 25.4. The van der Waals surface area contributed by atoms with E-state index in [0.29, 0.717) is 36.9 Å². The van der Waals surface area contributed by atoms with Gasteiger partial charge in [-0.3, -0.25) is 0 Å². The molecular formula is C22H22ClN5O. The molecule has 1 N–H and O–H groups in total. The predicted molar refractivity (Wildman–Crippen MR) is 116 cm³/mol. The maximum absolute atomic E-state index is 12.5. The molecule has 0 atom stereocenters. The zero-order valence-electron chi connectivity index (χ0n) is 16.2. The Morgan fingerprint density at radius 3 is 2.45 bits per heavy atom. The molecule has 1 saturated heterocycles. The van der Waals surface area contributed by atoms with Crippen LogP contribution in [0.1, 0.15) is 5.56 Å². The summed E-state index contributed by atoms with van der Waals surface area (Å²) in [7, 11) is 0. The average molecular weight is 408 g/mol. The molecule has 1 fully saturated rings. The Hall–Kier alpha value is -3.12. The third-order valence-corrected chi connectivity index (χ3v) is 5.34. The van der Waals surface area contributed by atoms with Gasteiger partial charge in [0.05, 0.1) is 16.4 Å². The number of nitrogens with one attached hydrogen (secondary N) is 1. The van der Waals surface area contributed by atoms with Gasteiger partial charge in [0.2, 0.25) is 0 Å². The third kappa shape index (κ3) is 4.49. The largest absolute Gasteiger partial charge is 0.353 e. The van der Waals surface area contributed by atoms with Crippen molar-refractivity contribution in [1.82, 2.24) is 14.9 Å². The van der Waals surface area contributed by atoms with Gasteiger partial charge in [0.1, 0.15) is 12.1 Å². The molecule has 0 radical (unpaired) electrons. The number of benzene rings is 2. The van der Waals surface area contributed by atoms with Crippen molar-refractivity contribution in [3.8, 4) is 11.3 Å². The van der Waals surface area contributed by atoms with Crippen molar-refractivity contribution in [3.63, 3.8) is 0 Å². The van der Waals surface area contributed by atoms with Crippen LogP contribution in [0.4, 0.5) is 16.3 Å². The van der Waals surface area contributed by atoms with Crippen molar-refractivity contribution in [2.45, 2.75) is 6.92 Å². The molecule has 1 aliphatic rings. The third-order valence-electron chi connectivity index (χ3n) is 5.01. The number of anilines is 2. The highest BCUT2D eigenvalue weighted by molar-refractivity contribution is 6.33. The number of carbonyl (C=O) groups is 1. The molecule has 148 valence electrons. The van der Waals surface area contributed by atoms with Crippen LogP contribution >= 0.6 is 11.6 Å². The number of aromatic nitrogens is 2. The van der Waals surface area contributed by atoms with Gasteiger partial charge in [-0.1, -0.05) is 53.6 Å². The predicted octanol–water partition coefficient (Wildman–Crippen LogP) is 4.46. The highest BCUT2D eigenvalue weighted by Gasteiger charge is 2.22. The second kappa shape index (κ2) is 8.49. The Kier molecular flexibility index (Phi) is 5.62. The summed E-state index contributed by atoms with van der Waals surface area (Å²) in [6, 6.07) is 17.4. The highest BCUT2D eigenvalue weighted by Crippen LogP contribution is 2.23. The summed E-state index contributed by atoms with van der Waals surface area (Å²) in [5.74, 6) is 0.877. The van der Waals surface area contributed by atoms with E-state index in [2.05, 4.69) is 51.4 Å². The van der Waals surface area contributed by atoms with Crippen molar-refractivity contribution < 1.29 is 4.79 Å². The van der Waals surface area contributed by atoms with Crippen molar-refractivity contribution in [2.75, 3.05) is 36.4 Å². The van der Waals surface area contributed by atoms with E-state index in [1.54, 1.807) is 23.4 Å². The van der Waals surface area contributed by atoms with E-state index in [1.807, 2.05) is 18.2 Å². The van der Waals surface area contributed by atoms with Gasteiger partial charge in [-0.25, -0.2) is 14.8 Å². The molecule has 2 aromatic carbocycles. The van der Waals surface area contributed by atoms with Gasteiger partial charge >= 0.3 is 6.03 Å². The molecule has 3 aromatic rings. The number of carbonyl (C=O) groups excluding carboxylic acids is 1. The first-order valence-corrected chi connectivity index (χ1v) is 9.92. The molecule has 6 nitrogen and oxygen atoms in total.